The molecule has 0 heterocycles. The molecule has 2 aromatic carbocycles. The Kier molecular flexibility index (Phi) is 9.44. The van der Waals surface area contributed by atoms with Crippen molar-refractivity contribution in [1.29, 1.82) is 0 Å². The maximum absolute atomic E-state index is 12.6. The molecule has 0 saturated heterocycles. The van der Waals surface area contributed by atoms with Crippen LogP contribution < -0.4 is 20.7 Å². The molecule has 1 atom stereocenters. The third kappa shape index (κ3) is 6.71. The van der Waals surface area contributed by atoms with E-state index < -0.39 is 17.7 Å². The predicted molar refractivity (Wildman–Crippen MR) is 132 cm³/mol. The van der Waals surface area contributed by atoms with Crippen LogP contribution >= 0.6 is 0 Å². The lowest BCUT2D eigenvalue weighted by molar-refractivity contribution is -0.137. The van der Waals surface area contributed by atoms with Crippen LogP contribution in [-0.4, -0.2) is 48.6 Å². The van der Waals surface area contributed by atoms with E-state index in [1.165, 1.54) is 14.0 Å². The van der Waals surface area contributed by atoms with Gasteiger partial charge in [-0.3, -0.25) is 14.5 Å². The van der Waals surface area contributed by atoms with Gasteiger partial charge in [0.25, 0.3) is 0 Å². The van der Waals surface area contributed by atoms with Crippen LogP contribution in [0.15, 0.2) is 42.5 Å². The van der Waals surface area contributed by atoms with E-state index in [1.54, 1.807) is 12.1 Å². The second-order valence-electron chi connectivity index (χ2n) is 8.12. The minimum absolute atomic E-state index is 0.0341. The number of benzene rings is 2. The summed E-state index contributed by atoms with van der Waals surface area (Å²) in [5.41, 5.74) is 1.99. The zero-order valence-corrected chi connectivity index (χ0v) is 20.4. The minimum Gasteiger partial charge on any atom is -0.495 e. The number of carboxylic acids is 1. The summed E-state index contributed by atoms with van der Waals surface area (Å²) in [4.78, 5) is 37.6. The molecule has 34 heavy (non-hydrogen) atoms. The number of carbonyl (C=O) groups excluding carboxylic acids is 2. The van der Waals surface area contributed by atoms with Gasteiger partial charge in [-0.15, -0.1) is 0 Å². The molecular formula is C25H34N4O5. The van der Waals surface area contributed by atoms with Gasteiger partial charge in [-0.2, -0.15) is 0 Å². The van der Waals surface area contributed by atoms with Crippen molar-refractivity contribution in [1.82, 2.24) is 10.2 Å². The van der Waals surface area contributed by atoms with Crippen molar-refractivity contribution in [3.63, 3.8) is 0 Å². The fourth-order valence-corrected chi connectivity index (χ4v) is 3.94. The predicted octanol–water partition coefficient (Wildman–Crippen LogP) is 4.14. The molecule has 9 heteroatoms. The molecule has 4 N–H and O–H groups in total. The molecule has 1 unspecified atom stereocenters. The summed E-state index contributed by atoms with van der Waals surface area (Å²) in [6.07, 6.45) is 0.995. The first-order valence-corrected chi connectivity index (χ1v) is 11.2. The van der Waals surface area contributed by atoms with Gasteiger partial charge in [-0.1, -0.05) is 31.2 Å². The molecule has 0 aliphatic rings. The van der Waals surface area contributed by atoms with Gasteiger partial charge in [0.05, 0.1) is 12.8 Å². The van der Waals surface area contributed by atoms with Crippen molar-refractivity contribution in [2.24, 2.45) is 0 Å². The van der Waals surface area contributed by atoms with Crippen LogP contribution in [0, 0.1) is 6.92 Å². The number of amides is 3. The van der Waals surface area contributed by atoms with E-state index in [0.29, 0.717) is 36.5 Å². The molecule has 9 nitrogen and oxygen atoms in total. The quantitative estimate of drug-likeness (QED) is 0.366. The fourth-order valence-electron chi connectivity index (χ4n) is 3.94. The van der Waals surface area contributed by atoms with Crippen molar-refractivity contribution in [3.05, 3.63) is 53.6 Å². The summed E-state index contributed by atoms with van der Waals surface area (Å²) in [6, 6.07) is 12.4. The number of carboxylic acid groups (broad SMARTS) is 1. The van der Waals surface area contributed by atoms with Gasteiger partial charge in [-0.05, 0) is 56.1 Å². The lowest BCUT2D eigenvalue weighted by Gasteiger charge is -2.42. The van der Waals surface area contributed by atoms with Gasteiger partial charge in [0.1, 0.15) is 11.4 Å². The molecule has 0 radical (unpaired) electrons. The number of para-hydroxylation sites is 1. The summed E-state index contributed by atoms with van der Waals surface area (Å²) in [7, 11) is 3.35. The second kappa shape index (κ2) is 12.0. The van der Waals surface area contributed by atoms with E-state index >= 15 is 0 Å². The Morgan fingerprint density at radius 2 is 1.76 bits per heavy atom. The van der Waals surface area contributed by atoms with Gasteiger partial charge < -0.3 is 25.8 Å². The van der Waals surface area contributed by atoms with Crippen molar-refractivity contribution in [2.45, 2.75) is 45.7 Å². The number of aliphatic carboxylic acids is 1. The number of nitrogens with one attached hydrogen (secondary N) is 3. The highest BCUT2D eigenvalue weighted by atomic mass is 16.5. The number of aryl methyl sites for hydroxylation is 1. The van der Waals surface area contributed by atoms with Crippen molar-refractivity contribution >= 4 is 29.3 Å². The number of carbonyl (C=O) groups is 3. The number of nitrogens with zero attached hydrogens (tertiary/aromatic N) is 1. The van der Waals surface area contributed by atoms with E-state index in [2.05, 4.69) is 16.0 Å². The molecule has 0 saturated carbocycles. The van der Waals surface area contributed by atoms with Crippen molar-refractivity contribution < 1.29 is 24.2 Å². The highest BCUT2D eigenvalue weighted by Gasteiger charge is 2.36. The topological polar surface area (TPSA) is 120 Å². The van der Waals surface area contributed by atoms with Crippen molar-refractivity contribution in [3.8, 4) is 5.75 Å². The standard InChI is InChI=1S/C25H34N4O5/c1-6-25(28-18(3)30,29(4)15-9-12-23(31)32)19-13-14-21(22(16-19)34-5)27-24(33)26-20-11-8-7-10-17(20)2/h7-8,10-11,13-14,16H,6,9,12,15H2,1-5H3,(H,28,30)(H,31,32)(H2,26,27,33). The Morgan fingerprint density at radius 1 is 1.09 bits per heavy atom. The van der Waals surface area contributed by atoms with Crippen LogP contribution in [0.3, 0.4) is 0 Å². The van der Waals surface area contributed by atoms with Crippen LogP contribution in [-0.2, 0) is 15.3 Å². The molecule has 0 bridgehead atoms. The highest BCUT2D eigenvalue weighted by molar-refractivity contribution is 6.01. The van der Waals surface area contributed by atoms with E-state index in [-0.39, 0.29) is 12.3 Å². The smallest absolute Gasteiger partial charge is 0.323 e. The molecule has 2 aromatic rings. The number of hydrogen-bond donors (Lipinski definition) is 4. The van der Waals surface area contributed by atoms with Gasteiger partial charge in [0, 0.05) is 25.6 Å². The zero-order chi connectivity index (χ0) is 25.3. The minimum atomic E-state index is -0.875. The molecule has 0 aliphatic heterocycles. The first kappa shape index (κ1) is 26.7. The maximum atomic E-state index is 12.6. The Hall–Kier alpha value is -3.59. The molecular weight excluding hydrogens is 436 g/mol. The lowest BCUT2D eigenvalue weighted by Crippen LogP contribution is -2.56. The summed E-state index contributed by atoms with van der Waals surface area (Å²) >= 11 is 0. The number of urea groups is 1. The molecule has 0 spiro atoms. The number of anilines is 2. The Labute approximate surface area is 200 Å². The fraction of sp³-hybridized carbons (Fsp3) is 0.400. The molecule has 0 aliphatic carbocycles. The molecule has 0 fully saturated rings. The highest BCUT2D eigenvalue weighted by Crippen LogP contribution is 2.35. The summed E-state index contributed by atoms with van der Waals surface area (Å²) in [5.74, 6) is -0.652. The van der Waals surface area contributed by atoms with E-state index in [4.69, 9.17) is 9.84 Å². The van der Waals surface area contributed by atoms with E-state index in [1.807, 2.05) is 56.1 Å². The Balaban J connectivity index is 2.32. The van der Waals surface area contributed by atoms with Gasteiger partial charge in [0.2, 0.25) is 5.91 Å². The van der Waals surface area contributed by atoms with Crippen LogP contribution in [0.2, 0.25) is 0 Å². The first-order valence-electron chi connectivity index (χ1n) is 11.2. The van der Waals surface area contributed by atoms with Crippen LogP contribution in [0.5, 0.6) is 5.75 Å². The van der Waals surface area contributed by atoms with E-state index in [0.717, 1.165) is 11.1 Å². The molecule has 2 rings (SSSR count). The van der Waals surface area contributed by atoms with Crippen LogP contribution in [0.25, 0.3) is 0 Å². The number of ether oxygens (including phenoxy) is 1. The summed E-state index contributed by atoms with van der Waals surface area (Å²) in [5, 5.41) is 17.6. The average molecular weight is 471 g/mol. The third-order valence-corrected chi connectivity index (χ3v) is 5.75. The zero-order valence-electron chi connectivity index (χ0n) is 20.4. The number of rotatable bonds is 11. The lowest BCUT2D eigenvalue weighted by atomic mass is 9.93. The normalized spacial score (nSPS) is 12.5. The monoisotopic (exact) mass is 470 g/mol. The third-order valence-electron chi connectivity index (χ3n) is 5.75. The second-order valence-corrected chi connectivity index (χ2v) is 8.12. The first-order chi connectivity index (χ1) is 16.1. The van der Waals surface area contributed by atoms with Crippen LogP contribution in [0.1, 0.15) is 44.2 Å². The Bertz CT molecular complexity index is 1030. The SMILES string of the molecule is CCC(NC(C)=O)(c1ccc(NC(=O)Nc2ccccc2C)c(OC)c1)N(C)CCCC(=O)O. The Morgan fingerprint density at radius 3 is 2.35 bits per heavy atom. The largest absolute Gasteiger partial charge is 0.495 e. The molecule has 0 aromatic heterocycles. The number of hydrogen-bond acceptors (Lipinski definition) is 5. The van der Waals surface area contributed by atoms with E-state index in [9.17, 15) is 14.4 Å². The number of methoxy groups -OCH3 is 1. The van der Waals surface area contributed by atoms with Crippen molar-refractivity contribution in [2.75, 3.05) is 31.3 Å². The van der Waals surface area contributed by atoms with Gasteiger partial charge >= 0.3 is 12.0 Å². The maximum Gasteiger partial charge on any atom is 0.323 e. The van der Waals surface area contributed by atoms with Crippen LogP contribution in [0.4, 0.5) is 16.2 Å². The molecule has 184 valence electrons. The molecule has 3 amide bonds. The average Bonchev–Trinajstić information content (AvgIpc) is 2.78. The van der Waals surface area contributed by atoms with Gasteiger partial charge in [-0.25, -0.2) is 4.79 Å². The summed E-state index contributed by atoms with van der Waals surface area (Å²) < 4.78 is 5.55. The summed E-state index contributed by atoms with van der Waals surface area (Å²) in [6.45, 7) is 5.75. The van der Waals surface area contributed by atoms with Gasteiger partial charge in [0.15, 0.2) is 0 Å².